The van der Waals surface area contributed by atoms with Crippen LogP contribution >= 0.6 is 0 Å². The van der Waals surface area contributed by atoms with Gasteiger partial charge in [0.1, 0.15) is 5.76 Å². The number of fused-ring (bicyclic) bond motifs is 1. The highest BCUT2D eigenvalue weighted by Crippen LogP contribution is 2.37. The van der Waals surface area contributed by atoms with E-state index in [4.69, 9.17) is 0 Å². The van der Waals surface area contributed by atoms with E-state index < -0.39 is 64.0 Å². The minimum atomic E-state index is -6.19. The fourth-order valence-electron chi connectivity index (χ4n) is 2.60. The maximum Gasteiger partial charge on any atom is 0.534 e. The Morgan fingerprint density at radius 2 is 1.72 bits per heavy atom. The van der Waals surface area contributed by atoms with Gasteiger partial charge >= 0.3 is 27.7 Å². The van der Waals surface area contributed by atoms with Crippen LogP contribution in [0.4, 0.5) is 32.0 Å². The topological polar surface area (TPSA) is 104 Å². The molecule has 7 nitrogen and oxygen atoms in total. The first-order valence-electron chi connectivity index (χ1n) is 7.54. The molecule has 1 heterocycles. The number of anilines is 1. The number of para-hydroxylation sites is 1. The van der Waals surface area contributed by atoms with Crippen LogP contribution in [0.2, 0.25) is 0 Å². The molecule has 0 saturated carbocycles. The van der Waals surface area contributed by atoms with Crippen LogP contribution in [0.1, 0.15) is 18.4 Å². The fourth-order valence-corrected chi connectivity index (χ4v) is 3.09. The monoisotopic (exact) mass is 446 g/mol. The lowest BCUT2D eigenvalue weighted by atomic mass is 10.1. The molecule has 0 saturated heterocycles. The van der Waals surface area contributed by atoms with Crippen LogP contribution in [0, 0.1) is 0 Å². The summed E-state index contributed by atoms with van der Waals surface area (Å²) in [6.07, 6.45) is -7.08. The lowest BCUT2D eigenvalue weighted by Crippen LogP contribution is -2.49. The van der Waals surface area contributed by atoms with Crippen LogP contribution in [-0.4, -0.2) is 38.0 Å². The molecule has 2 rings (SSSR count). The second-order valence-corrected chi connectivity index (χ2v) is 7.30. The van der Waals surface area contributed by atoms with Crippen LogP contribution in [0.25, 0.3) is 6.08 Å². The van der Waals surface area contributed by atoms with Crippen LogP contribution in [0.3, 0.4) is 0 Å². The van der Waals surface area contributed by atoms with Gasteiger partial charge in [-0.15, -0.1) is 0 Å². The van der Waals surface area contributed by atoms with Gasteiger partial charge in [0.2, 0.25) is 0 Å². The van der Waals surface area contributed by atoms with Gasteiger partial charge in [0.05, 0.1) is 5.69 Å². The number of nitrogens with zero attached hydrogens (tertiary/aromatic N) is 1. The molecule has 0 N–H and O–H groups in total. The summed E-state index contributed by atoms with van der Waals surface area (Å²) < 4.78 is 103. The average Bonchev–Trinajstić information content (AvgIpc) is 2.67. The zero-order valence-electron chi connectivity index (χ0n) is 14.0. The van der Waals surface area contributed by atoms with E-state index in [1.54, 1.807) is 0 Å². The van der Waals surface area contributed by atoms with E-state index in [-0.39, 0.29) is 10.5 Å². The van der Waals surface area contributed by atoms with Gasteiger partial charge in [0, 0.05) is 30.4 Å². The van der Waals surface area contributed by atoms with Crippen molar-refractivity contribution in [1.29, 1.82) is 0 Å². The molecule has 1 aromatic carbocycles. The summed E-state index contributed by atoms with van der Waals surface area (Å²) in [5.41, 5.74) is -6.63. The zero-order valence-corrected chi connectivity index (χ0v) is 14.8. The molecular formula is C15H10F6NO6S-. The Bertz CT molecular complexity index is 953. The summed E-state index contributed by atoms with van der Waals surface area (Å²) in [5.74, 6) is -5.42. The van der Waals surface area contributed by atoms with Crippen LogP contribution in [-0.2, 0) is 23.9 Å². The molecule has 1 amide bonds. The maximum absolute atomic E-state index is 13.0. The third-order valence-corrected chi connectivity index (χ3v) is 4.68. The Morgan fingerprint density at radius 3 is 2.24 bits per heavy atom. The predicted molar refractivity (Wildman–Crippen MR) is 82.0 cm³/mol. The lowest BCUT2D eigenvalue weighted by molar-refractivity contribution is -0.306. The van der Waals surface area contributed by atoms with E-state index in [0.717, 1.165) is 12.1 Å². The Labute approximate surface area is 159 Å². The molecule has 0 aromatic heterocycles. The molecule has 1 aromatic rings. The van der Waals surface area contributed by atoms with Crippen molar-refractivity contribution in [3.8, 4) is 0 Å². The number of aliphatic carboxylic acids is 1. The molecule has 1 aliphatic rings. The van der Waals surface area contributed by atoms with Crippen molar-refractivity contribution < 1.29 is 53.6 Å². The number of hydrogen-bond acceptors (Lipinski definition) is 6. The minimum absolute atomic E-state index is 0.0260. The smallest absolute Gasteiger partial charge is 0.534 e. The molecule has 1 unspecified atom stereocenters. The molecule has 29 heavy (non-hydrogen) atoms. The first-order chi connectivity index (χ1) is 13.1. The number of halogens is 6. The molecule has 160 valence electrons. The van der Waals surface area contributed by atoms with Crippen molar-refractivity contribution in [2.24, 2.45) is 0 Å². The van der Waals surface area contributed by atoms with E-state index in [2.05, 4.69) is 4.18 Å². The van der Waals surface area contributed by atoms with Crippen molar-refractivity contribution in [3.05, 3.63) is 35.6 Å². The summed E-state index contributed by atoms with van der Waals surface area (Å²) >= 11 is 0. The molecule has 0 bridgehead atoms. The maximum atomic E-state index is 13.0. The molecule has 1 atom stereocenters. The highest BCUT2D eigenvalue weighted by Gasteiger charge is 2.50. The molecule has 0 fully saturated rings. The zero-order chi connectivity index (χ0) is 22.2. The predicted octanol–water partition coefficient (Wildman–Crippen LogP) is 1.70. The number of hydrogen-bond donors (Lipinski definition) is 0. The summed E-state index contributed by atoms with van der Waals surface area (Å²) in [6, 6.07) is 2.57. The third-order valence-electron chi connectivity index (χ3n) is 3.68. The summed E-state index contributed by atoms with van der Waals surface area (Å²) in [6.45, 7) is 0. The van der Waals surface area contributed by atoms with Crippen molar-refractivity contribution in [1.82, 2.24) is 0 Å². The Kier molecular flexibility index (Phi) is 5.88. The first kappa shape index (κ1) is 22.5. The number of carboxylic acid groups (broad SMARTS) is 1. The highest BCUT2D eigenvalue weighted by atomic mass is 32.2. The van der Waals surface area contributed by atoms with Gasteiger partial charge in [-0.2, -0.15) is 34.8 Å². The second-order valence-electron chi connectivity index (χ2n) is 5.76. The number of benzene rings is 1. The molecule has 0 spiro atoms. The normalized spacial score (nSPS) is 17.8. The fraction of sp³-hybridized carbons (Fsp3) is 0.333. The van der Waals surface area contributed by atoms with E-state index in [0.29, 0.717) is 6.08 Å². The van der Waals surface area contributed by atoms with Gasteiger partial charge in [0.25, 0.3) is 0 Å². The van der Waals surface area contributed by atoms with Gasteiger partial charge < -0.3 is 19.0 Å². The van der Waals surface area contributed by atoms with E-state index >= 15 is 0 Å². The molecule has 0 radical (unpaired) electrons. The largest absolute Gasteiger partial charge is 0.550 e. The number of amides is 1. The number of carboxylic acids is 1. The average molecular weight is 446 g/mol. The number of carbonyl (C=O) groups is 2. The van der Waals surface area contributed by atoms with Gasteiger partial charge in [-0.1, -0.05) is 18.2 Å². The van der Waals surface area contributed by atoms with Gasteiger partial charge in [-0.3, -0.25) is 4.79 Å². The third kappa shape index (κ3) is 4.99. The Morgan fingerprint density at radius 1 is 1.14 bits per heavy atom. The minimum Gasteiger partial charge on any atom is -0.550 e. The summed E-state index contributed by atoms with van der Waals surface area (Å²) in [4.78, 5) is 22.9. The van der Waals surface area contributed by atoms with Crippen molar-refractivity contribution >= 4 is 33.8 Å². The van der Waals surface area contributed by atoms with E-state index in [9.17, 15) is 49.5 Å². The molecule has 1 aliphatic heterocycles. The number of carbonyl (C=O) groups excluding carboxylic acids is 2. The van der Waals surface area contributed by atoms with Crippen molar-refractivity contribution in [3.63, 3.8) is 0 Å². The number of alkyl halides is 6. The molecule has 0 aliphatic carbocycles. The Balaban J connectivity index is 2.62. The van der Waals surface area contributed by atoms with Crippen LogP contribution in [0.5, 0.6) is 0 Å². The second kappa shape index (κ2) is 7.57. The number of rotatable bonds is 4. The SMILES string of the molecule is O=C([O-])CC1CC(OS(=O)(=O)C(F)(F)F)=Cc2ccccc2N1C(=O)C(F)(F)F. The van der Waals surface area contributed by atoms with Crippen LogP contribution < -0.4 is 10.0 Å². The first-order valence-corrected chi connectivity index (χ1v) is 8.95. The lowest BCUT2D eigenvalue weighted by Gasteiger charge is -2.32. The standard InChI is InChI=1S/C15H11F6NO6S/c16-14(17,18)13(25)22-9(7-12(23)24)6-10(28-29(26,27)15(19,20)21)5-8-3-1-2-4-11(8)22/h1-5,9H,6-7H2,(H,23,24)/p-1. The van der Waals surface area contributed by atoms with Gasteiger partial charge in [-0.05, 0) is 12.1 Å². The summed E-state index contributed by atoms with van der Waals surface area (Å²) in [7, 11) is -6.19. The quantitative estimate of drug-likeness (QED) is 0.396. The van der Waals surface area contributed by atoms with Crippen LogP contribution in [0.15, 0.2) is 30.0 Å². The van der Waals surface area contributed by atoms with E-state index in [1.165, 1.54) is 12.1 Å². The van der Waals surface area contributed by atoms with Gasteiger partial charge in [0.15, 0.2) is 0 Å². The van der Waals surface area contributed by atoms with Crippen molar-refractivity contribution in [2.45, 2.75) is 30.6 Å². The van der Waals surface area contributed by atoms with Gasteiger partial charge in [-0.25, -0.2) is 0 Å². The highest BCUT2D eigenvalue weighted by molar-refractivity contribution is 7.87. The summed E-state index contributed by atoms with van der Waals surface area (Å²) in [5, 5.41) is 11.0. The molecular weight excluding hydrogens is 436 g/mol. The van der Waals surface area contributed by atoms with Crippen molar-refractivity contribution in [2.75, 3.05) is 4.90 Å². The molecule has 14 heteroatoms. The van der Waals surface area contributed by atoms with E-state index in [1.807, 2.05) is 0 Å². The Hall–Kier alpha value is -2.77.